The molecule has 10 heteroatoms. The number of thioether (sulfide) groups is 1. The van der Waals surface area contributed by atoms with Gasteiger partial charge in [0.2, 0.25) is 5.91 Å². The predicted octanol–water partition coefficient (Wildman–Crippen LogP) is 3.57. The molecule has 0 aliphatic heterocycles. The van der Waals surface area contributed by atoms with Crippen molar-refractivity contribution in [2.24, 2.45) is 0 Å². The van der Waals surface area contributed by atoms with E-state index < -0.39 is 0 Å². The summed E-state index contributed by atoms with van der Waals surface area (Å²) in [7, 11) is 1.58. The van der Waals surface area contributed by atoms with Gasteiger partial charge in [-0.25, -0.2) is 0 Å². The van der Waals surface area contributed by atoms with Crippen LogP contribution < -0.4 is 20.1 Å². The van der Waals surface area contributed by atoms with Crippen LogP contribution in [0.3, 0.4) is 0 Å². The van der Waals surface area contributed by atoms with Crippen LogP contribution in [0.15, 0.2) is 66.3 Å². The van der Waals surface area contributed by atoms with Crippen molar-refractivity contribution in [1.29, 1.82) is 0 Å². The minimum absolute atomic E-state index is 0.157. The van der Waals surface area contributed by atoms with Gasteiger partial charge in [-0.15, -0.1) is 16.8 Å². The zero-order chi connectivity index (χ0) is 25.0. The Bertz CT molecular complexity index is 1150. The molecule has 0 aliphatic carbocycles. The zero-order valence-electron chi connectivity index (χ0n) is 19.8. The Morgan fingerprint density at radius 2 is 1.91 bits per heavy atom. The molecule has 0 spiro atoms. The highest BCUT2D eigenvalue weighted by Gasteiger charge is 2.15. The number of hydrogen-bond donors (Lipinski definition) is 2. The summed E-state index contributed by atoms with van der Waals surface area (Å²) in [5.41, 5.74) is 1.17. The van der Waals surface area contributed by atoms with Crippen LogP contribution in [0, 0.1) is 0 Å². The zero-order valence-corrected chi connectivity index (χ0v) is 20.6. The molecule has 0 fully saturated rings. The number of benzene rings is 2. The molecule has 0 saturated carbocycles. The van der Waals surface area contributed by atoms with Crippen molar-refractivity contribution in [1.82, 2.24) is 20.1 Å². The van der Waals surface area contributed by atoms with Crippen molar-refractivity contribution in [3.63, 3.8) is 0 Å². The van der Waals surface area contributed by atoms with E-state index in [-0.39, 0.29) is 17.6 Å². The van der Waals surface area contributed by atoms with Gasteiger partial charge in [0.25, 0.3) is 5.91 Å². The lowest BCUT2D eigenvalue weighted by atomic mass is 10.2. The maximum absolute atomic E-state index is 12.5. The van der Waals surface area contributed by atoms with E-state index in [0.717, 1.165) is 0 Å². The molecule has 0 bridgehead atoms. The van der Waals surface area contributed by atoms with Crippen molar-refractivity contribution >= 4 is 29.3 Å². The smallest absolute Gasteiger partial charge is 0.251 e. The summed E-state index contributed by atoms with van der Waals surface area (Å²) >= 11 is 1.28. The summed E-state index contributed by atoms with van der Waals surface area (Å²) < 4.78 is 12.6. The first kappa shape index (κ1) is 25.8. The van der Waals surface area contributed by atoms with Gasteiger partial charge in [-0.05, 0) is 43.3 Å². The average Bonchev–Trinajstić information content (AvgIpc) is 3.25. The Hall–Kier alpha value is -3.79. The van der Waals surface area contributed by atoms with E-state index in [9.17, 15) is 9.59 Å². The Morgan fingerprint density at radius 1 is 1.14 bits per heavy atom. The number of carbonyl (C=O) groups excluding carboxylic acids is 2. The first-order chi connectivity index (χ1) is 17.0. The summed E-state index contributed by atoms with van der Waals surface area (Å²) in [4.78, 5) is 24.9. The lowest BCUT2D eigenvalue weighted by molar-refractivity contribution is -0.113. The molecule has 2 N–H and O–H groups in total. The maximum atomic E-state index is 12.5. The van der Waals surface area contributed by atoms with Gasteiger partial charge in [0.15, 0.2) is 5.16 Å². The number of aromatic nitrogens is 3. The molecule has 2 aromatic carbocycles. The number of ether oxygens (including phenoxy) is 2. The van der Waals surface area contributed by atoms with Gasteiger partial charge in [-0.1, -0.05) is 30.0 Å². The minimum Gasteiger partial charge on any atom is -0.497 e. The van der Waals surface area contributed by atoms with Crippen molar-refractivity contribution in [3.8, 4) is 11.5 Å². The summed E-state index contributed by atoms with van der Waals surface area (Å²) in [5.74, 6) is 1.82. The number of nitrogens with zero attached hydrogens (tertiary/aromatic N) is 3. The highest BCUT2D eigenvalue weighted by Crippen LogP contribution is 2.24. The first-order valence-electron chi connectivity index (χ1n) is 11.1. The van der Waals surface area contributed by atoms with Gasteiger partial charge < -0.3 is 24.7 Å². The van der Waals surface area contributed by atoms with E-state index in [1.54, 1.807) is 43.5 Å². The number of carbonyl (C=O) groups is 2. The summed E-state index contributed by atoms with van der Waals surface area (Å²) in [6, 6.07) is 14.2. The van der Waals surface area contributed by atoms with Crippen LogP contribution in [-0.2, 0) is 17.8 Å². The van der Waals surface area contributed by atoms with E-state index >= 15 is 0 Å². The van der Waals surface area contributed by atoms with Gasteiger partial charge in [0.05, 0.1) is 25.2 Å². The lowest BCUT2D eigenvalue weighted by Crippen LogP contribution is -2.26. The molecular weight excluding hydrogens is 466 g/mol. The largest absolute Gasteiger partial charge is 0.497 e. The number of para-hydroxylation sites is 2. The third-order valence-electron chi connectivity index (χ3n) is 4.88. The van der Waals surface area contributed by atoms with Gasteiger partial charge in [0.1, 0.15) is 17.3 Å². The third kappa shape index (κ3) is 7.35. The van der Waals surface area contributed by atoms with Crippen LogP contribution in [0.2, 0.25) is 0 Å². The van der Waals surface area contributed by atoms with Crippen LogP contribution >= 0.6 is 11.8 Å². The standard InChI is InChI=1S/C25H29N5O4S/c1-4-16-30-22(14-15-26-24(32)18-10-12-19(33-3)13-11-18)28-29-25(30)35-17-23(31)27-20-8-6-7-9-21(20)34-5-2/h4,6-13H,1,5,14-17H2,2-3H3,(H,26,32)(H,27,31). The highest BCUT2D eigenvalue weighted by molar-refractivity contribution is 7.99. The number of allylic oxidation sites excluding steroid dienone is 1. The second kappa shape index (κ2) is 13.2. The van der Waals surface area contributed by atoms with Crippen molar-refractivity contribution in [2.45, 2.75) is 25.0 Å². The second-order valence-corrected chi connectivity index (χ2v) is 8.24. The molecule has 0 radical (unpaired) electrons. The monoisotopic (exact) mass is 495 g/mol. The van der Waals surface area contributed by atoms with Crippen molar-refractivity contribution in [3.05, 3.63) is 72.6 Å². The molecule has 0 aliphatic rings. The molecular formula is C25H29N5O4S. The molecule has 35 heavy (non-hydrogen) atoms. The normalized spacial score (nSPS) is 10.5. The number of anilines is 1. The van der Waals surface area contributed by atoms with Crippen molar-refractivity contribution < 1.29 is 19.1 Å². The Kier molecular flexibility index (Phi) is 9.73. The topological polar surface area (TPSA) is 107 Å². The second-order valence-electron chi connectivity index (χ2n) is 7.30. The Balaban J connectivity index is 1.55. The Labute approximate surface area is 208 Å². The maximum Gasteiger partial charge on any atom is 0.251 e. The number of rotatable bonds is 13. The molecule has 2 amide bonds. The van der Waals surface area contributed by atoms with Crippen molar-refractivity contribution in [2.75, 3.05) is 31.3 Å². The molecule has 1 aromatic heterocycles. The molecule has 3 rings (SSSR count). The third-order valence-corrected chi connectivity index (χ3v) is 5.85. The molecule has 1 heterocycles. The fourth-order valence-electron chi connectivity index (χ4n) is 3.22. The van der Waals surface area contributed by atoms with E-state index in [1.807, 2.05) is 29.7 Å². The van der Waals surface area contributed by atoms with E-state index in [0.29, 0.717) is 59.8 Å². The number of nitrogens with one attached hydrogen (secondary N) is 2. The van der Waals surface area contributed by atoms with Crippen LogP contribution in [0.5, 0.6) is 11.5 Å². The fourth-order valence-corrected chi connectivity index (χ4v) is 3.99. The molecule has 0 saturated heterocycles. The highest BCUT2D eigenvalue weighted by atomic mass is 32.2. The molecule has 0 unspecified atom stereocenters. The van der Waals surface area contributed by atoms with Crippen LogP contribution in [-0.4, -0.2) is 52.6 Å². The van der Waals surface area contributed by atoms with E-state index in [1.165, 1.54) is 11.8 Å². The minimum atomic E-state index is -0.180. The first-order valence-corrected chi connectivity index (χ1v) is 12.1. The number of amides is 2. The summed E-state index contributed by atoms with van der Waals surface area (Å²) in [5, 5.41) is 14.9. The number of hydrogen-bond acceptors (Lipinski definition) is 7. The molecule has 184 valence electrons. The van der Waals surface area contributed by atoms with Crippen LogP contribution in [0.4, 0.5) is 5.69 Å². The predicted molar refractivity (Wildman–Crippen MR) is 136 cm³/mol. The summed E-state index contributed by atoms with van der Waals surface area (Å²) in [6.45, 7) is 7.08. The van der Waals surface area contributed by atoms with Gasteiger partial charge in [-0.2, -0.15) is 0 Å². The average molecular weight is 496 g/mol. The molecule has 9 nitrogen and oxygen atoms in total. The van der Waals surface area contributed by atoms with Gasteiger partial charge >= 0.3 is 0 Å². The lowest BCUT2D eigenvalue weighted by Gasteiger charge is -2.11. The molecule has 3 aromatic rings. The molecule has 0 atom stereocenters. The number of methoxy groups -OCH3 is 1. The quantitative estimate of drug-likeness (QED) is 0.276. The van der Waals surface area contributed by atoms with Crippen LogP contribution in [0.25, 0.3) is 0 Å². The SMILES string of the molecule is C=CCn1c(CCNC(=O)c2ccc(OC)cc2)nnc1SCC(=O)Nc1ccccc1OCC. The van der Waals surface area contributed by atoms with Gasteiger partial charge in [0, 0.05) is 25.1 Å². The van der Waals surface area contributed by atoms with Crippen LogP contribution in [0.1, 0.15) is 23.1 Å². The fraction of sp³-hybridized carbons (Fsp3) is 0.280. The van der Waals surface area contributed by atoms with E-state index in [4.69, 9.17) is 9.47 Å². The summed E-state index contributed by atoms with van der Waals surface area (Å²) in [6.07, 6.45) is 2.22. The Morgan fingerprint density at radius 3 is 2.63 bits per heavy atom. The van der Waals surface area contributed by atoms with E-state index in [2.05, 4.69) is 27.4 Å². The van der Waals surface area contributed by atoms with Gasteiger partial charge in [-0.3, -0.25) is 9.59 Å².